The average Bonchev–Trinajstić information content (AvgIpc) is 1.67. The van der Waals surface area contributed by atoms with Gasteiger partial charge in [0.1, 0.15) is 19.3 Å². The first kappa shape index (κ1) is 90.8. The Bertz CT molecular complexity index is 2030. The van der Waals surface area contributed by atoms with E-state index < -0.39 is 97.5 Å². The van der Waals surface area contributed by atoms with E-state index in [0.29, 0.717) is 25.7 Å². The second-order valence-corrected chi connectivity index (χ2v) is 28.1. The summed E-state index contributed by atoms with van der Waals surface area (Å²) in [7, 11) is -9.94. The predicted molar refractivity (Wildman–Crippen MR) is 381 cm³/mol. The van der Waals surface area contributed by atoms with E-state index in [2.05, 4.69) is 88.5 Å². The Morgan fingerprint density at radius 1 is 0.298 bits per heavy atom. The number of phosphoric acid groups is 2. The van der Waals surface area contributed by atoms with Gasteiger partial charge in [0.05, 0.1) is 26.4 Å². The van der Waals surface area contributed by atoms with Gasteiger partial charge in [-0.25, -0.2) is 9.13 Å². The maximum Gasteiger partial charge on any atom is 0.472 e. The van der Waals surface area contributed by atoms with Gasteiger partial charge in [0, 0.05) is 25.7 Å². The zero-order valence-corrected chi connectivity index (χ0v) is 61.4. The first-order chi connectivity index (χ1) is 45.7. The number of carbonyl (C=O) groups excluding carboxylic acids is 4. The monoisotopic (exact) mass is 1370 g/mol. The van der Waals surface area contributed by atoms with Crippen molar-refractivity contribution in [2.45, 2.75) is 354 Å². The minimum atomic E-state index is -4.97. The van der Waals surface area contributed by atoms with Gasteiger partial charge in [0.2, 0.25) is 0 Å². The van der Waals surface area contributed by atoms with Crippen molar-refractivity contribution in [1.82, 2.24) is 0 Å². The van der Waals surface area contributed by atoms with E-state index in [1.165, 1.54) is 96.3 Å². The van der Waals surface area contributed by atoms with E-state index >= 15 is 0 Å². The predicted octanol–water partition coefficient (Wildman–Crippen LogP) is 21.1. The highest BCUT2D eigenvalue weighted by Gasteiger charge is 2.30. The Morgan fingerprint density at radius 3 is 0.819 bits per heavy atom. The topological polar surface area (TPSA) is 237 Å². The molecule has 0 aliphatic carbocycles. The fourth-order valence-electron chi connectivity index (χ4n) is 10.1. The summed E-state index contributed by atoms with van der Waals surface area (Å²) in [6.45, 7) is 4.79. The molecule has 0 saturated heterocycles. The molecule has 3 N–H and O–H groups in total. The van der Waals surface area contributed by atoms with Crippen LogP contribution in [-0.2, 0) is 65.4 Å². The Hall–Kier alpha value is -3.24. The number of unbranched alkanes of at least 4 members (excludes halogenated alkanes) is 35. The number of hydrogen-bond acceptors (Lipinski definition) is 15. The first-order valence-electron chi connectivity index (χ1n) is 37.5. The zero-order chi connectivity index (χ0) is 69.0. The highest BCUT2D eigenvalue weighted by Crippen LogP contribution is 2.45. The molecule has 2 unspecified atom stereocenters. The summed E-state index contributed by atoms with van der Waals surface area (Å²) < 4.78 is 68.4. The van der Waals surface area contributed by atoms with Crippen molar-refractivity contribution in [1.29, 1.82) is 0 Å². The highest BCUT2D eigenvalue weighted by molar-refractivity contribution is 7.47. The van der Waals surface area contributed by atoms with Gasteiger partial charge in [-0.05, 0) is 135 Å². The molecule has 0 aromatic carbocycles. The third-order valence-corrected chi connectivity index (χ3v) is 17.8. The highest BCUT2D eigenvalue weighted by atomic mass is 31.2. The van der Waals surface area contributed by atoms with E-state index in [9.17, 15) is 43.2 Å². The quantitative estimate of drug-likeness (QED) is 0.0169. The van der Waals surface area contributed by atoms with Crippen molar-refractivity contribution in [2.75, 3.05) is 39.6 Å². The lowest BCUT2D eigenvalue weighted by molar-refractivity contribution is -0.161. The maximum atomic E-state index is 13.0. The molecule has 0 spiro atoms. The van der Waals surface area contributed by atoms with Crippen LogP contribution in [0.15, 0.2) is 60.8 Å². The van der Waals surface area contributed by atoms with Crippen molar-refractivity contribution < 1.29 is 80.2 Å². The van der Waals surface area contributed by atoms with Gasteiger partial charge in [-0.2, -0.15) is 0 Å². The summed E-state index contributed by atoms with van der Waals surface area (Å²) in [4.78, 5) is 72.7. The molecule has 0 amide bonds. The Kier molecular flexibility index (Phi) is 65.9. The molecule has 0 saturated carbocycles. The van der Waals surface area contributed by atoms with E-state index in [0.717, 1.165) is 161 Å². The van der Waals surface area contributed by atoms with Gasteiger partial charge in [0.15, 0.2) is 12.2 Å². The minimum Gasteiger partial charge on any atom is -0.462 e. The number of esters is 4. The molecule has 0 aromatic heterocycles. The van der Waals surface area contributed by atoms with Crippen molar-refractivity contribution in [3.63, 3.8) is 0 Å². The number of aliphatic hydroxyl groups excluding tert-OH is 1. The minimum absolute atomic E-state index is 0.0849. The van der Waals surface area contributed by atoms with Crippen LogP contribution in [0.1, 0.15) is 336 Å². The molecule has 0 aromatic rings. The molecule has 0 aliphatic heterocycles. The van der Waals surface area contributed by atoms with Gasteiger partial charge < -0.3 is 33.8 Å². The largest absolute Gasteiger partial charge is 0.472 e. The zero-order valence-electron chi connectivity index (χ0n) is 59.6. The fourth-order valence-corrected chi connectivity index (χ4v) is 11.7. The fraction of sp³-hybridized carbons (Fsp3) is 0.813. The molecule has 5 atom stereocenters. The lowest BCUT2D eigenvalue weighted by Gasteiger charge is -2.21. The Morgan fingerprint density at radius 2 is 0.521 bits per heavy atom. The van der Waals surface area contributed by atoms with Crippen LogP contribution in [0.2, 0.25) is 0 Å². The van der Waals surface area contributed by atoms with Crippen LogP contribution in [0.3, 0.4) is 0 Å². The maximum absolute atomic E-state index is 13.0. The molecule has 0 fully saturated rings. The van der Waals surface area contributed by atoms with E-state index in [1.54, 1.807) is 0 Å². The number of phosphoric ester groups is 2. The molecule has 17 nitrogen and oxygen atoms in total. The van der Waals surface area contributed by atoms with E-state index in [4.69, 9.17) is 37.0 Å². The number of aliphatic hydroxyl groups is 1. The van der Waals surface area contributed by atoms with Crippen LogP contribution < -0.4 is 0 Å². The number of hydrogen-bond donors (Lipinski definition) is 3. The molecule has 0 heterocycles. The lowest BCUT2D eigenvalue weighted by atomic mass is 10.1. The summed E-state index contributed by atoms with van der Waals surface area (Å²) in [5.41, 5.74) is 0. The van der Waals surface area contributed by atoms with Crippen LogP contribution in [0.5, 0.6) is 0 Å². The molecule has 548 valence electrons. The molecule has 0 aliphatic rings. The number of rotatable bonds is 71. The van der Waals surface area contributed by atoms with Gasteiger partial charge in [0.25, 0.3) is 0 Å². The van der Waals surface area contributed by atoms with E-state index in [1.807, 2.05) is 0 Å². The van der Waals surface area contributed by atoms with Crippen LogP contribution in [0, 0.1) is 0 Å². The van der Waals surface area contributed by atoms with E-state index in [-0.39, 0.29) is 25.7 Å². The van der Waals surface area contributed by atoms with Crippen molar-refractivity contribution in [3.8, 4) is 0 Å². The van der Waals surface area contributed by atoms with Crippen LogP contribution in [0.25, 0.3) is 0 Å². The summed E-state index contributed by atoms with van der Waals surface area (Å²) in [5.74, 6) is -2.20. The third-order valence-electron chi connectivity index (χ3n) is 15.9. The Labute approximate surface area is 571 Å². The molecule has 0 bridgehead atoms. The standard InChI is InChI=1S/C75H136O17P2/c1-5-9-13-17-21-25-29-33-34-38-40-44-48-52-56-60-73(78)86-66-71(92-75(80)62-58-54-50-46-42-37-32-28-24-20-16-12-8-4)68-90-94(83,84)88-64-69(76)63-87-93(81,82)89-67-70(91-74(79)61-57-53-49-45-41-36-31-27-23-19-15-11-7-3)65-85-72(77)59-55-51-47-43-39-35-30-26-22-18-14-10-6-2/h21,25-28,30-34,69-71,76H,5-20,22-24,29,35-68H2,1-4H3,(H,81,82)(H,83,84)/b25-21-,30-26-,31-27-,32-28-,34-33-/t69-,70-,71-/m1/s1. The van der Waals surface area contributed by atoms with Crippen LogP contribution >= 0.6 is 15.6 Å². The first-order valence-corrected chi connectivity index (χ1v) is 40.5. The van der Waals surface area contributed by atoms with Gasteiger partial charge >= 0.3 is 39.5 Å². The number of carbonyl (C=O) groups is 4. The van der Waals surface area contributed by atoms with Crippen molar-refractivity contribution in [2.24, 2.45) is 0 Å². The molecule has 0 radical (unpaired) electrons. The molecule has 94 heavy (non-hydrogen) atoms. The SMILES string of the molecule is CCCCC/C=C\C/C=C\CCCCCCCC(=O)OC[C@H](COP(=O)(O)OC[C@H](O)COP(=O)(O)OC[C@@H](COC(=O)CCCCCCC/C=C\CCCCCC)OC(=O)CCCCCCC/C=C\CCCCCC)OC(=O)CCCCCCC/C=C\CCCCCC. The number of ether oxygens (including phenoxy) is 4. The second-order valence-electron chi connectivity index (χ2n) is 25.2. The molecular formula is C75H136O17P2. The van der Waals surface area contributed by atoms with Crippen molar-refractivity contribution in [3.05, 3.63) is 60.8 Å². The summed E-state index contributed by atoms with van der Waals surface area (Å²) in [5, 5.41) is 10.6. The van der Waals surface area contributed by atoms with Crippen LogP contribution in [0.4, 0.5) is 0 Å². The second kappa shape index (κ2) is 68.3. The Balaban J connectivity index is 5.34. The van der Waals surface area contributed by atoms with Gasteiger partial charge in [-0.1, -0.05) is 236 Å². The molecule has 0 rings (SSSR count). The summed E-state index contributed by atoms with van der Waals surface area (Å²) in [6.07, 6.45) is 65.0. The third kappa shape index (κ3) is 67.3. The molecular weight excluding hydrogens is 1230 g/mol. The normalized spacial score (nSPS) is 14.3. The lowest BCUT2D eigenvalue weighted by Crippen LogP contribution is -2.30. The summed E-state index contributed by atoms with van der Waals surface area (Å²) >= 11 is 0. The van der Waals surface area contributed by atoms with Crippen molar-refractivity contribution >= 4 is 39.5 Å². The summed E-state index contributed by atoms with van der Waals surface area (Å²) in [6, 6.07) is 0. The number of allylic oxidation sites excluding steroid dienone is 10. The smallest absolute Gasteiger partial charge is 0.462 e. The van der Waals surface area contributed by atoms with Gasteiger partial charge in [-0.3, -0.25) is 37.3 Å². The average molecular weight is 1370 g/mol. The molecule has 19 heteroatoms. The van der Waals surface area contributed by atoms with Gasteiger partial charge in [-0.15, -0.1) is 0 Å². The van der Waals surface area contributed by atoms with Crippen LogP contribution in [-0.4, -0.2) is 96.7 Å².